The largest absolute Gasteiger partial charge is 0.347 e. The highest BCUT2D eigenvalue weighted by Crippen LogP contribution is 2.31. The maximum atomic E-state index is 12.3. The fourth-order valence-corrected chi connectivity index (χ4v) is 4.82. The second-order valence-electron chi connectivity index (χ2n) is 6.71. The van der Waals surface area contributed by atoms with Crippen molar-refractivity contribution in [1.82, 2.24) is 15.1 Å². The summed E-state index contributed by atoms with van der Waals surface area (Å²) in [5.41, 5.74) is 4.27. The van der Waals surface area contributed by atoms with Crippen molar-refractivity contribution in [3.8, 4) is 11.3 Å². The van der Waals surface area contributed by atoms with Crippen molar-refractivity contribution in [3.63, 3.8) is 0 Å². The Balaban J connectivity index is 2.05. The third-order valence-electron chi connectivity index (χ3n) is 4.73. The molecule has 1 saturated heterocycles. The molecule has 0 saturated carbocycles. The fraction of sp³-hybridized carbons (Fsp3) is 0.368. The van der Waals surface area contributed by atoms with E-state index in [9.17, 15) is 13.2 Å². The van der Waals surface area contributed by atoms with Crippen LogP contribution in [0.3, 0.4) is 0 Å². The minimum atomic E-state index is -3.06. The summed E-state index contributed by atoms with van der Waals surface area (Å²) < 4.78 is 25.5. The summed E-state index contributed by atoms with van der Waals surface area (Å²) in [5, 5.41) is 7.16. The zero-order valence-corrected chi connectivity index (χ0v) is 15.8. The fourth-order valence-electron chi connectivity index (χ4n) is 3.12. The average Bonchev–Trinajstić information content (AvgIpc) is 3.18. The van der Waals surface area contributed by atoms with Gasteiger partial charge in [-0.2, -0.15) is 5.10 Å². The Bertz CT molecular complexity index is 960. The Kier molecular flexibility index (Phi) is 5.00. The minimum absolute atomic E-state index is 0.0558. The van der Waals surface area contributed by atoms with Gasteiger partial charge in [0.25, 0.3) is 5.91 Å². The first-order valence-corrected chi connectivity index (χ1v) is 10.4. The number of hydrogen-bond acceptors (Lipinski definition) is 4. The van der Waals surface area contributed by atoms with E-state index in [1.807, 2.05) is 32.0 Å². The van der Waals surface area contributed by atoms with Crippen LogP contribution < -0.4 is 5.32 Å². The molecule has 2 aromatic rings. The van der Waals surface area contributed by atoms with Gasteiger partial charge in [0.1, 0.15) is 0 Å². The van der Waals surface area contributed by atoms with E-state index in [0.29, 0.717) is 13.0 Å². The van der Waals surface area contributed by atoms with Gasteiger partial charge in [0.15, 0.2) is 15.5 Å². The number of aromatic nitrogens is 2. The number of sulfone groups is 1. The highest BCUT2D eigenvalue weighted by molar-refractivity contribution is 7.91. The monoisotopic (exact) mass is 373 g/mol. The van der Waals surface area contributed by atoms with Crippen LogP contribution in [-0.2, 0) is 9.84 Å². The lowest BCUT2D eigenvalue weighted by molar-refractivity contribution is 0.0952. The molecule has 1 fully saturated rings. The molecule has 1 aromatic heterocycles. The molecule has 1 aliphatic rings. The summed E-state index contributed by atoms with van der Waals surface area (Å²) in [6.07, 6.45) is 2.11. The Morgan fingerprint density at radius 1 is 1.35 bits per heavy atom. The lowest BCUT2D eigenvalue weighted by Crippen LogP contribution is -2.24. The molecule has 1 aliphatic heterocycles. The van der Waals surface area contributed by atoms with Crippen molar-refractivity contribution in [2.45, 2.75) is 26.3 Å². The molecule has 0 bridgehead atoms. The predicted molar refractivity (Wildman–Crippen MR) is 102 cm³/mol. The SMILES string of the molecule is C=CCNC(=O)c1cc(-c2ccc(C)c(C)c2)n([C@@H]2CCS(=O)(=O)C2)n1. The zero-order valence-electron chi connectivity index (χ0n) is 15.0. The molecule has 0 radical (unpaired) electrons. The normalized spacial score (nSPS) is 18.6. The highest BCUT2D eigenvalue weighted by atomic mass is 32.2. The van der Waals surface area contributed by atoms with Gasteiger partial charge in [-0.1, -0.05) is 18.2 Å². The van der Waals surface area contributed by atoms with Crippen LogP contribution in [0, 0.1) is 13.8 Å². The second kappa shape index (κ2) is 7.07. The summed E-state index contributed by atoms with van der Waals surface area (Å²) in [5.74, 6) is -0.0862. The predicted octanol–water partition coefficient (Wildman–Crippen LogP) is 2.44. The number of aryl methyl sites for hydroxylation is 2. The van der Waals surface area contributed by atoms with Gasteiger partial charge in [-0.3, -0.25) is 9.48 Å². The smallest absolute Gasteiger partial charge is 0.272 e. The Morgan fingerprint density at radius 2 is 2.12 bits per heavy atom. The molecule has 6 nitrogen and oxygen atoms in total. The highest BCUT2D eigenvalue weighted by Gasteiger charge is 2.32. The number of hydrogen-bond donors (Lipinski definition) is 1. The van der Waals surface area contributed by atoms with Crippen molar-refractivity contribution >= 4 is 15.7 Å². The molecule has 0 unspecified atom stereocenters. The zero-order chi connectivity index (χ0) is 18.9. The summed E-state index contributed by atoms with van der Waals surface area (Å²) in [6.45, 7) is 8.00. The van der Waals surface area contributed by atoms with Crippen molar-refractivity contribution in [2.24, 2.45) is 0 Å². The molecular formula is C19H23N3O3S. The number of amides is 1. The third-order valence-corrected chi connectivity index (χ3v) is 6.48. The number of carbonyl (C=O) groups excluding carboxylic acids is 1. The molecule has 26 heavy (non-hydrogen) atoms. The Morgan fingerprint density at radius 3 is 2.73 bits per heavy atom. The van der Waals surface area contributed by atoms with Crippen LogP contribution in [0.1, 0.15) is 34.1 Å². The standard InChI is InChI=1S/C19H23N3O3S/c1-4-8-20-19(23)17-11-18(15-6-5-13(2)14(3)10-15)22(21-17)16-7-9-26(24,25)12-16/h4-6,10-11,16H,1,7-9,12H2,2-3H3,(H,20,23)/t16-/m1/s1. The van der Waals surface area contributed by atoms with E-state index in [-0.39, 0.29) is 29.1 Å². The molecule has 138 valence electrons. The van der Waals surface area contributed by atoms with E-state index >= 15 is 0 Å². The first kappa shape index (κ1) is 18.4. The second-order valence-corrected chi connectivity index (χ2v) is 8.94. The van der Waals surface area contributed by atoms with Gasteiger partial charge in [0, 0.05) is 12.1 Å². The Labute approximate surface area is 153 Å². The first-order chi connectivity index (χ1) is 12.3. The van der Waals surface area contributed by atoms with Crippen molar-refractivity contribution in [1.29, 1.82) is 0 Å². The van der Waals surface area contributed by atoms with Gasteiger partial charge in [0.05, 0.1) is 23.2 Å². The molecule has 1 aromatic carbocycles. The molecule has 3 rings (SSSR count). The number of benzene rings is 1. The molecule has 0 spiro atoms. The molecule has 1 amide bonds. The number of nitrogens with zero attached hydrogens (tertiary/aromatic N) is 2. The lowest BCUT2D eigenvalue weighted by Gasteiger charge is -2.14. The van der Waals surface area contributed by atoms with Gasteiger partial charge in [0.2, 0.25) is 0 Å². The molecule has 1 atom stereocenters. The first-order valence-electron chi connectivity index (χ1n) is 8.57. The van der Waals surface area contributed by atoms with Gasteiger partial charge < -0.3 is 5.32 Å². The van der Waals surface area contributed by atoms with Crippen molar-refractivity contribution in [2.75, 3.05) is 18.1 Å². The van der Waals surface area contributed by atoms with Gasteiger partial charge in [-0.25, -0.2) is 8.42 Å². The van der Waals surface area contributed by atoms with Crippen LogP contribution in [0.15, 0.2) is 36.9 Å². The van der Waals surface area contributed by atoms with E-state index in [1.54, 1.807) is 16.8 Å². The van der Waals surface area contributed by atoms with Crippen molar-refractivity contribution < 1.29 is 13.2 Å². The molecule has 2 heterocycles. The molecule has 7 heteroatoms. The van der Waals surface area contributed by atoms with Crippen LogP contribution in [0.4, 0.5) is 0 Å². The summed E-state index contributed by atoms with van der Waals surface area (Å²) >= 11 is 0. The van der Waals surface area contributed by atoms with E-state index in [2.05, 4.69) is 17.0 Å². The lowest BCUT2D eigenvalue weighted by atomic mass is 10.0. The quantitative estimate of drug-likeness (QED) is 0.816. The summed E-state index contributed by atoms with van der Waals surface area (Å²) in [6, 6.07) is 7.51. The average molecular weight is 373 g/mol. The third kappa shape index (κ3) is 3.72. The van der Waals surface area contributed by atoms with Crippen LogP contribution >= 0.6 is 0 Å². The van der Waals surface area contributed by atoms with E-state index in [1.165, 1.54) is 5.56 Å². The Hall–Kier alpha value is -2.41. The maximum Gasteiger partial charge on any atom is 0.272 e. The minimum Gasteiger partial charge on any atom is -0.347 e. The maximum absolute atomic E-state index is 12.3. The van der Waals surface area contributed by atoms with Crippen LogP contribution in [0.25, 0.3) is 11.3 Å². The topological polar surface area (TPSA) is 81.1 Å². The molecular weight excluding hydrogens is 350 g/mol. The van der Waals surface area contributed by atoms with Crippen LogP contribution in [-0.4, -0.2) is 42.2 Å². The number of nitrogens with one attached hydrogen (secondary N) is 1. The number of rotatable bonds is 5. The number of carbonyl (C=O) groups is 1. The van der Waals surface area contributed by atoms with E-state index < -0.39 is 9.84 Å². The van der Waals surface area contributed by atoms with Gasteiger partial charge in [-0.05, 0) is 43.5 Å². The van der Waals surface area contributed by atoms with E-state index in [0.717, 1.165) is 16.8 Å². The summed E-state index contributed by atoms with van der Waals surface area (Å²) in [7, 11) is -3.06. The molecule has 0 aliphatic carbocycles. The van der Waals surface area contributed by atoms with E-state index in [4.69, 9.17) is 0 Å². The van der Waals surface area contributed by atoms with Crippen molar-refractivity contribution in [3.05, 3.63) is 53.7 Å². The summed E-state index contributed by atoms with van der Waals surface area (Å²) in [4.78, 5) is 12.3. The van der Waals surface area contributed by atoms with Gasteiger partial charge in [-0.15, -0.1) is 6.58 Å². The molecule has 1 N–H and O–H groups in total. The van der Waals surface area contributed by atoms with Crippen LogP contribution in [0.5, 0.6) is 0 Å². The van der Waals surface area contributed by atoms with Gasteiger partial charge >= 0.3 is 0 Å². The van der Waals surface area contributed by atoms with Crippen LogP contribution in [0.2, 0.25) is 0 Å².